The predicted molar refractivity (Wildman–Crippen MR) is 66.8 cm³/mol. The van der Waals surface area contributed by atoms with Crippen LogP contribution in [-0.2, 0) is 11.2 Å². The van der Waals surface area contributed by atoms with E-state index in [1.165, 1.54) is 12.1 Å². The summed E-state index contributed by atoms with van der Waals surface area (Å²) < 4.78 is 0. The van der Waals surface area contributed by atoms with Crippen molar-refractivity contribution in [2.24, 2.45) is 5.73 Å². The summed E-state index contributed by atoms with van der Waals surface area (Å²) >= 11 is 3.94. The van der Waals surface area contributed by atoms with Crippen molar-refractivity contribution in [1.29, 1.82) is 0 Å². The highest BCUT2D eigenvalue weighted by Crippen LogP contribution is 2.36. The summed E-state index contributed by atoms with van der Waals surface area (Å²) in [5, 5.41) is 28.2. The summed E-state index contributed by atoms with van der Waals surface area (Å²) in [5.74, 6) is -2.76. The Bertz CT molecular complexity index is 422. The predicted octanol–water partition coefficient (Wildman–Crippen LogP) is 0.697. The fourth-order valence-corrected chi connectivity index (χ4v) is 1.94. The van der Waals surface area contributed by atoms with E-state index < -0.39 is 17.6 Å². The third-order valence-corrected chi connectivity index (χ3v) is 2.83. The summed E-state index contributed by atoms with van der Waals surface area (Å²) in [4.78, 5) is 11.0. The number of carboxylic acid groups (broad SMARTS) is 1. The Morgan fingerprint density at radius 2 is 2.06 bits per heavy atom. The summed E-state index contributed by atoms with van der Waals surface area (Å²) in [7, 11) is 0. The van der Waals surface area contributed by atoms with Gasteiger partial charge in [-0.1, -0.05) is 6.07 Å². The maximum absolute atomic E-state index is 11.0. The van der Waals surface area contributed by atoms with Crippen molar-refractivity contribution in [3.05, 3.63) is 23.3 Å². The van der Waals surface area contributed by atoms with E-state index in [1.807, 2.05) is 0 Å². The minimum absolute atomic E-state index is 0.0361. The molecular formula is C11H15NO4S. The number of hydrogen-bond acceptors (Lipinski definition) is 5. The highest BCUT2D eigenvalue weighted by molar-refractivity contribution is 7.80. The standard InChI is InChI=1S/C11H15NO4S/c12-2-1-6-3-7(8(5-17)11(15)16)10(14)9(13)4-6/h3-4,8,13-14,17H,1-2,5,12H2,(H,15,16). The molecule has 1 aromatic rings. The molecule has 0 saturated carbocycles. The van der Waals surface area contributed by atoms with Crippen LogP contribution in [0.1, 0.15) is 17.0 Å². The first-order chi connectivity index (χ1) is 8.01. The molecule has 0 spiro atoms. The van der Waals surface area contributed by atoms with Gasteiger partial charge in [-0.15, -0.1) is 0 Å². The number of carboxylic acids is 1. The van der Waals surface area contributed by atoms with Gasteiger partial charge >= 0.3 is 5.97 Å². The maximum atomic E-state index is 11.0. The third-order valence-electron chi connectivity index (χ3n) is 2.47. The number of benzene rings is 1. The Morgan fingerprint density at radius 3 is 2.53 bits per heavy atom. The number of carbonyl (C=O) groups is 1. The Labute approximate surface area is 104 Å². The fourth-order valence-electron chi connectivity index (χ4n) is 1.59. The van der Waals surface area contributed by atoms with Crippen molar-refractivity contribution in [3.8, 4) is 11.5 Å². The van der Waals surface area contributed by atoms with Crippen LogP contribution < -0.4 is 5.73 Å². The second-order valence-electron chi connectivity index (χ2n) is 3.66. The van der Waals surface area contributed by atoms with E-state index in [-0.39, 0.29) is 17.1 Å². The highest BCUT2D eigenvalue weighted by atomic mass is 32.1. The molecule has 0 aliphatic heterocycles. The molecule has 0 fully saturated rings. The van der Waals surface area contributed by atoms with Crippen molar-refractivity contribution < 1.29 is 20.1 Å². The normalized spacial score (nSPS) is 12.4. The molecule has 0 amide bonds. The molecule has 1 unspecified atom stereocenters. The highest BCUT2D eigenvalue weighted by Gasteiger charge is 2.23. The second kappa shape index (κ2) is 5.79. The number of phenolic OH excluding ortho intramolecular Hbond substituents is 2. The van der Waals surface area contributed by atoms with Crippen LogP contribution in [0.4, 0.5) is 0 Å². The molecule has 6 heteroatoms. The largest absolute Gasteiger partial charge is 0.504 e. The lowest BCUT2D eigenvalue weighted by atomic mass is 9.96. The van der Waals surface area contributed by atoms with Crippen LogP contribution in [0.5, 0.6) is 11.5 Å². The van der Waals surface area contributed by atoms with Crippen LogP contribution in [-0.4, -0.2) is 33.6 Å². The number of phenols is 2. The second-order valence-corrected chi connectivity index (χ2v) is 4.03. The first-order valence-corrected chi connectivity index (χ1v) is 5.73. The molecule has 0 aliphatic carbocycles. The van der Waals surface area contributed by atoms with Crippen molar-refractivity contribution >= 4 is 18.6 Å². The van der Waals surface area contributed by atoms with E-state index in [2.05, 4.69) is 12.6 Å². The zero-order chi connectivity index (χ0) is 13.0. The molecule has 0 heterocycles. The molecule has 1 atom stereocenters. The Kier molecular flexibility index (Phi) is 4.65. The zero-order valence-electron chi connectivity index (χ0n) is 9.13. The molecule has 5 N–H and O–H groups in total. The minimum atomic E-state index is -1.10. The molecule has 0 aromatic heterocycles. The molecule has 1 aromatic carbocycles. The van der Waals surface area contributed by atoms with Crippen LogP contribution in [0.2, 0.25) is 0 Å². The number of hydrogen-bond donors (Lipinski definition) is 5. The van der Waals surface area contributed by atoms with Crippen LogP contribution >= 0.6 is 12.6 Å². The van der Waals surface area contributed by atoms with Gasteiger partial charge in [0, 0.05) is 11.3 Å². The van der Waals surface area contributed by atoms with E-state index >= 15 is 0 Å². The van der Waals surface area contributed by atoms with E-state index in [9.17, 15) is 15.0 Å². The third kappa shape index (κ3) is 3.04. The van der Waals surface area contributed by atoms with E-state index in [1.54, 1.807) is 0 Å². The van der Waals surface area contributed by atoms with Crippen molar-refractivity contribution in [2.75, 3.05) is 12.3 Å². The van der Waals surface area contributed by atoms with Gasteiger partial charge in [-0.3, -0.25) is 4.79 Å². The molecular weight excluding hydrogens is 242 g/mol. The monoisotopic (exact) mass is 257 g/mol. The average Bonchev–Trinajstić information content (AvgIpc) is 2.25. The molecule has 1 rings (SSSR count). The number of aliphatic carboxylic acids is 1. The molecule has 0 radical (unpaired) electrons. The van der Waals surface area contributed by atoms with Crippen LogP contribution in [0.3, 0.4) is 0 Å². The van der Waals surface area contributed by atoms with Crippen molar-refractivity contribution in [3.63, 3.8) is 0 Å². The first-order valence-electron chi connectivity index (χ1n) is 5.09. The molecule has 5 nitrogen and oxygen atoms in total. The van der Waals surface area contributed by atoms with Gasteiger partial charge in [0.25, 0.3) is 0 Å². The lowest BCUT2D eigenvalue weighted by Crippen LogP contribution is -2.14. The zero-order valence-corrected chi connectivity index (χ0v) is 10.0. The molecule has 94 valence electrons. The van der Waals surface area contributed by atoms with Gasteiger partial charge in [-0.25, -0.2) is 0 Å². The quantitative estimate of drug-likeness (QED) is 0.394. The summed E-state index contributed by atoms with van der Waals surface area (Å²) in [5.41, 5.74) is 6.24. The van der Waals surface area contributed by atoms with Crippen molar-refractivity contribution in [2.45, 2.75) is 12.3 Å². The van der Waals surface area contributed by atoms with Gasteiger partial charge in [0.1, 0.15) is 0 Å². The molecule has 0 aliphatic rings. The fraction of sp³-hybridized carbons (Fsp3) is 0.364. The number of rotatable bonds is 5. The number of nitrogens with two attached hydrogens (primary N) is 1. The van der Waals surface area contributed by atoms with Crippen LogP contribution in [0, 0.1) is 0 Å². The van der Waals surface area contributed by atoms with E-state index in [0.29, 0.717) is 18.5 Å². The minimum Gasteiger partial charge on any atom is -0.504 e. The lowest BCUT2D eigenvalue weighted by Gasteiger charge is -2.14. The number of aromatic hydroxyl groups is 2. The van der Waals surface area contributed by atoms with Gasteiger partial charge in [-0.2, -0.15) is 12.6 Å². The first kappa shape index (κ1) is 13.7. The molecule has 0 saturated heterocycles. The summed E-state index contributed by atoms with van der Waals surface area (Å²) in [6, 6.07) is 2.92. The maximum Gasteiger partial charge on any atom is 0.311 e. The van der Waals surface area contributed by atoms with Gasteiger partial charge in [0.2, 0.25) is 0 Å². The Hall–Kier alpha value is -1.40. The Morgan fingerprint density at radius 1 is 1.41 bits per heavy atom. The van der Waals surface area contributed by atoms with E-state index in [0.717, 1.165) is 0 Å². The van der Waals surface area contributed by atoms with Gasteiger partial charge in [0.15, 0.2) is 11.5 Å². The molecule has 17 heavy (non-hydrogen) atoms. The van der Waals surface area contributed by atoms with E-state index in [4.69, 9.17) is 10.8 Å². The van der Waals surface area contributed by atoms with Gasteiger partial charge in [-0.05, 0) is 24.6 Å². The average molecular weight is 257 g/mol. The van der Waals surface area contributed by atoms with Crippen molar-refractivity contribution in [1.82, 2.24) is 0 Å². The van der Waals surface area contributed by atoms with Crippen LogP contribution in [0.25, 0.3) is 0 Å². The molecule has 0 bridgehead atoms. The smallest absolute Gasteiger partial charge is 0.311 e. The SMILES string of the molecule is NCCc1cc(O)c(O)c(C(CS)C(=O)O)c1. The van der Waals surface area contributed by atoms with Crippen LogP contribution in [0.15, 0.2) is 12.1 Å². The lowest BCUT2D eigenvalue weighted by molar-refractivity contribution is -0.138. The summed E-state index contributed by atoms with van der Waals surface area (Å²) in [6.07, 6.45) is 0.500. The summed E-state index contributed by atoms with van der Waals surface area (Å²) in [6.45, 7) is 0.377. The Balaban J connectivity index is 3.25. The number of thiol groups is 1. The van der Waals surface area contributed by atoms with Gasteiger partial charge in [0.05, 0.1) is 5.92 Å². The van der Waals surface area contributed by atoms with Gasteiger partial charge < -0.3 is 21.1 Å². The topological polar surface area (TPSA) is 104 Å².